The molecule has 0 aliphatic carbocycles. The van der Waals surface area contributed by atoms with Crippen molar-refractivity contribution in [2.24, 2.45) is 5.10 Å². The van der Waals surface area contributed by atoms with Gasteiger partial charge in [0, 0.05) is 11.8 Å². The molecule has 2 aromatic heterocycles. The summed E-state index contributed by atoms with van der Waals surface area (Å²) >= 11 is 0. The molecule has 0 fully saturated rings. The molecule has 2 rings (SSSR count). The number of hydrogen-bond donors (Lipinski definition) is 1. The predicted octanol–water partition coefficient (Wildman–Crippen LogP) is 0.762. The van der Waals surface area contributed by atoms with E-state index in [4.69, 9.17) is 0 Å². The van der Waals surface area contributed by atoms with E-state index in [0.717, 1.165) is 5.69 Å². The summed E-state index contributed by atoms with van der Waals surface area (Å²) < 4.78 is 1.29. The van der Waals surface area contributed by atoms with E-state index in [2.05, 4.69) is 15.1 Å². The van der Waals surface area contributed by atoms with Crippen LogP contribution < -0.4 is 5.56 Å². The largest absolute Gasteiger partial charge is 0.344 e. The normalized spacial score (nSPS) is 11.0. The van der Waals surface area contributed by atoms with E-state index in [1.165, 1.54) is 4.68 Å². The summed E-state index contributed by atoms with van der Waals surface area (Å²) in [6, 6.07) is 3.53. The standard InChI is InChI=1S/C10H10N4O/c1-8-3-2-4-14(10(8)15)13-6-9-5-11-7-12-9/h2-7H,1H3,(H,11,12)/b13-6+. The van der Waals surface area contributed by atoms with Crippen molar-refractivity contribution in [1.82, 2.24) is 14.6 Å². The van der Waals surface area contributed by atoms with Gasteiger partial charge in [0.2, 0.25) is 0 Å². The van der Waals surface area contributed by atoms with Gasteiger partial charge in [-0.05, 0) is 13.0 Å². The maximum atomic E-state index is 11.6. The van der Waals surface area contributed by atoms with Gasteiger partial charge in [-0.25, -0.2) is 9.66 Å². The van der Waals surface area contributed by atoms with E-state index in [0.29, 0.717) is 5.56 Å². The molecule has 0 unspecified atom stereocenters. The van der Waals surface area contributed by atoms with Crippen LogP contribution >= 0.6 is 0 Å². The molecule has 0 saturated carbocycles. The predicted molar refractivity (Wildman–Crippen MR) is 57.0 cm³/mol. The van der Waals surface area contributed by atoms with Crippen molar-refractivity contribution in [3.63, 3.8) is 0 Å². The summed E-state index contributed by atoms with van der Waals surface area (Å²) in [7, 11) is 0. The SMILES string of the molecule is Cc1cccn(/N=C/c2cnc[nH]2)c1=O. The Hall–Kier alpha value is -2.17. The van der Waals surface area contributed by atoms with Gasteiger partial charge in [-0.1, -0.05) is 6.07 Å². The Morgan fingerprint density at radius 3 is 3.20 bits per heavy atom. The van der Waals surface area contributed by atoms with Crippen molar-refractivity contribution in [1.29, 1.82) is 0 Å². The first-order valence-electron chi connectivity index (χ1n) is 4.48. The molecule has 0 amide bonds. The first kappa shape index (κ1) is 9.39. The first-order valence-corrected chi connectivity index (χ1v) is 4.48. The summed E-state index contributed by atoms with van der Waals surface area (Å²) in [5, 5.41) is 4.02. The van der Waals surface area contributed by atoms with Crippen molar-refractivity contribution in [2.75, 3.05) is 0 Å². The minimum absolute atomic E-state index is 0.117. The third kappa shape index (κ3) is 2.01. The highest BCUT2D eigenvalue weighted by Gasteiger charge is 1.95. The molecule has 0 radical (unpaired) electrons. The number of aryl methyl sites for hydroxylation is 1. The van der Waals surface area contributed by atoms with Crippen LogP contribution in [0.1, 0.15) is 11.3 Å². The second-order valence-corrected chi connectivity index (χ2v) is 3.09. The Balaban J connectivity index is 2.33. The summed E-state index contributed by atoms with van der Waals surface area (Å²) in [5.41, 5.74) is 1.30. The van der Waals surface area contributed by atoms with Crippen molar-refractivity contribution in [3.05, 3.63) is 52.5 Å². The van der Waals surface area contributed by atoms with Gasteiger partial charge >= 0.3 is 0 Å². The second-order valence-electron chi connectivity index (χ2n) is 3.09. The van der Waals surface area contributed by atoms with Crippen LogP contribution in [-0.4, -0.2) is 20.9 Å². The van der Waals surface area contributed by atoms with Gasteiger partial charge in [-0.15, -0.1) is 0 Å². The van der Waals surface area contributed by atoms with Gasteiger partial charge in [-0.2, -0.15) is 5.10 Å². The summed E-state index contributed by atoms with van der Waals surface area (Å²) in [6.45, 7) is 1.75. The highest BCUT2D eigenvalue weighted by Crippen LogP contribution is 1.90. The van der Waals surface area contributed by atoms with Crippen LogP contribution in [0.3, 0.4) is 0 Å². The van der Waals surface area contributed by atoms with Gasteiger partial charge in [0.25, 0.3) is 5.56 Å². The average molecular weight is 202 g/mol. The Kier molecular flexibility index (Phi) is 2.45. The zero-order valence-electron chi connectivity index (χ0n) is 8.21. The number of nitrogens with one attached hydrogen (secondary N) is 1. The Morgan fingerprint density at radius 1 is 1.60 bits per heavy atom. The van der Waals surface area contributed by atoms with Gasteiger partial charge in [-0.3, -0.25) is 4.79 Å². The molecule has 0 spiro atoms. The lowest BCUT2D eigenvalue weighted by Crippen LogP contribution is -2.17. The van der Waals surface area contributed by atoms with Crippen LogP contribution in [0.5, 0.6) is 0 Å². The minimum atomic E-state index is -0.117. The van der Waals surface area contributed by atoms with E-state index < -0.39 is 0 Å². The molecule has 15 heavy (non-hydrogen) atoms. The third-order valence-corrected chi connectivity index (χ3v) is 1.96. The molecule has 0 aliphatic heterocycles. The van der Waals surface area contributed by atoms with Crippen LogP contribution in [0.15, 0.2) is 40.7 Å². The fraction of sp³-hybridized carbons (Fsp3) is 0.100. The maximum Gasteiger partial charge on any atom is 0.273 e. The van der Waals surface area contributed by atoms with Gasteiger partial charge in [0.1, 0.15) is 0 Å². The molecular weight excluding hydrogens is 192 g/mol. The van der Waals surface area contributed by atoms with Gasteiger partial charge < -0.3 is 4.98 Å². The first-order chi connectivity index (χ1) is 7.27. The van der Waals surface area contributed by atoms with Crippen LogP contribution in [0.4, 0.5) is 0 Å². The number of aromatic nitrogens is 3. The molecule has 2 aromatic rings. The van der Waals surface area contributed by atoms with E-state index in [1.54, 1.807) is 44.0 Å². The van der Waals surface area contributed by atoms with E-state index in [1.807, 2.05) is 0 Å². The second kappa shape index (κ2) is 3.91. The monoisotopic (exact) mass is 202 g/mol. The van der Waals surface area contributed by atoms with Crippen molar-refractivity contribution >= 4 is 6.21 Å². The van der Waals surface area contributed by atoms with E-state index in [9.17, 15) is 4.79 Å². The van der Waals surface area contributed by atoms with Gasteiger partial charge in [0.15, 0.2) is 0 Å². The van der Waals surface area contributed by atoms with E-state index in [-0.39, 0.29) is 5.56 Å². The van der Waals surface area contributed by atoms with Crippen molar-refractivity contribution in [2.45, 2.75) is 6.92 Å². The van der Waals surface area contributed by atoms with E-state index >= 15 is 0 Å². The average Bonchev–Trinajstić information content (AvgIpc) is 2.73. The zero-order chi connectivity index (χ0) is 10.7. The fourth-order valence-corrected chi connectivity index (χ4v) is 1.14. The fourth-order valence-electron chi connectivity index (χ4n) is 1.14. The number of aromatic amines is 1. The smallest absolute Gasteiger partial charge is 0.273 e. The lowest BCUT2D eigenvalue weighted by molar-refractivity contribution is 0.822. The number of H-pyrrole nitrogens is 1. The number of nitrogens with zero attached hydrogens (tertiary/aromatic N) is 3. The molecule has 0 aliphatic rings. The molecule has 0 aromatic carbocycles. The van der Waals surface area contributed by atoms with Crippen LogP contribution in [0.2, 0.25) is 0 Å². The highest BCUT2D eigenvalue weighted by atomic mass is 16.1. The molecule has 0 saturated heterocycles. The summed E-state index contributed by atoms with van der Waals surface area (Å²) in [6.07, 6.45) is 6.35. The molecule has 1 N–H and O–H groups in total. The van der Waals surface area contributed by atoms with Crippen molar-refractivity contribution < 1.29 is 0 Å². The van der Waals surface area contributed by atoms with Crippen molar-refractivity contribution in [3.8, 4) is 0 Å². The molecule has 2 heterocycles. The lowest BCUT2D eigenvalue weighted by Gasteiger charge is -1.97. The van der Waals surface area contributed by atoms with Crippen LogP contribution in [0, 0.1) is 6.92 Å². The molecule has 0 atom stereocenters. The maximum absolute atomic E-state index is 11.6. The van der Waals surface area contributed by atoms with Crippen LogP contribution in [0.25, 0.3) is 0 Å². The minimum Gasteiger partial charge on any atom is -0.344 e. The molecule has 5 nitrogen and oxygen atoms in total. The molecular formula is C10H10N4O. The third-order valence-electron chi connectivity index (χ3n) is 1.96. The summed E-state index contributed by atoms with van der Waals surface area (Å²) in [4.78, 5) is 18.3. The number of rotatable bonds is 2. The Labute approximate surface area is 86.1 Å². The van der Waals surface area contributed by atoms with Crippen LogP contribution in [-0.2, 0) is 0 Å². The zero-order valence-corrected chi connectivity index (χ0v) is 8.21. The van der Waals surface area contributed by atoms with Gasteiger partial charge in [0.05, 0.1) is 24.4 Å². The molecule has 0 bridgehead atoms. The number of hydrogen-bond acceptors (Lipinski definition) is 3. The highest BCUT2D eigenvalue weighted by molar-refractivity contribution is 5.76. The lowest BCUT2D eigenvalue weighted by atomic mass is 10.3. The summed E-state index contributed by atoms with van der Waals surface area (Å²) in [5.74, 6) is 0. The topological polar surface area (TPSA) is 63.0 Å². The Bertz CT molecular complexity index is 525. The number of pyridine rings is 1. The number of imidazole rings is 1. The molecule has 76 valence electrons. The Morgan fingerprint density at radius 2 is 2.47 bits per heavy atom. The molecule has 5 heteroatoms. The quantitative estimate of drug-likeness (QED) is 0.731.